The maximum Gasteiger partial charge on any atom is 0.232 e. The van der Waals surface area contributed by atoms with Crippen molar-refractivity contribution in [3.05, 3.63) is 100 Å². The van der Waals surface area contributed by atoms with Gasteiger partial charge in [0.15, 0.2) is 0 Å². The number of likely N-dealkylation sites (tertiary alicyclic amines) is 1. The molecule has 1 aliphatic heterocycles. The first kappa shape index (κ1) is 26.8. The summed E-state index contributed by atoms with van der Waals surface area (Å²) in [4.78, 5) is 6.99. The minimum absolute atomic E-state index is 0.186. The summed E-state index contributed by atoms with van der Waals surface area (Å²) in [7, 11) is 0. The maximum absolute atomic E-state index is 9.76. The molecule has 2 heterocycles. The highest BCUT2D eigenvalue weighted by molar-refractivity contribution is 6.31. The van der Waals surface area contributed by atoms with E-state index in [0.29, 0.717) is 35.7 Å². The van der Waals surface area contributed by atoms with Crippen LogP contribution in [0.1, 0.15) is 54.6 Å². The van der Waals surface area contributed by atoms with Crippen molar-refractivity contribution in [1.29, 1.82) is 5.26 Å². The van der Waals surface area contributed by atoms with Crippen LogP contribution in [0.25, 0.3) is 11.5 Å². The molecule has 1 saturated heterocycles. The lowest BCUT2D eigenvalue weighted by molar-refractivity contribution is 0.170. The Morgan fingerprint density at radius 1 is 1.03 bits per heavy atom. The number of hydrogen-bond acceptors (Lipinski definition) is 6. The SMILES string of the molecule is CCc1ccc(C(CNc2oc(-c3ccc(OCc4ccccc4Cl)cc3)nc2C#N)N2CCCCC2)cc1. The lowest BCUT2D eigenvalue weighted by Gasteiger charge is -2.35. The Balaban J connectivity index is 1.28. The summed E-state index contributed by atoms with van der Waals surface area (Å²) in [5, 5.41) is 13.8. The molecular formula is C32H33ClN4O2. The van der Waals surface area contributed by atoms with E-state index in [1.165, 1.54) is 30.4 Å². The summed E-state index contributed by atoms with van der Waals surface area (Å²) in [5.74, 6) is 1.51. The Labute approximate surface area is 235 Å². The van der Waals surface area contributed by atoms with Gasteiger partial charge in [0, 0.05) is 22.7 Å². The smallest absolute Gasteiger partial charge is 0.232 e. The number of hydrogen-bond donors (Lipinski definition) is 1. The van der Waals surface area contributed by atoms with E-state index in [-0.39, 0.29) is 11.7 Å². The van der Waals surface area contributed by atoms with Crippen LogP contribution in [-0.2, 0) is 13.0 Å². The van der Waals surface area contributed by atoms with Gasteiger partial charge in [-0.15, -0.1) is 0 Å². The third-order valence-corrected chi connectivity index (χ3v) is 7.62. The van der Waals surface area contributed by atoms with Gasteiger partial charge in [0.05, 0.1) is 6.04 Å². The highest BCUT2D eigenvalue weighted by Gasteiger charge is 2.24. The van der Waals surface area contributed by atoms with Crippen LogP contribution in [-0.4, -0.2) is 29.5 Å². The van der Waals surface area contributed by atoms with Gasteiger partial charge >= 0.3 is 0 Å². The summed E-state index contributed by atoms with van der Waals surface area (Å²) in [6.45, 7) is 5.32. The minimum Gasteiger partial charge on any atom is -0.489 e. The van der Waals surface area contributed by atoms with E-state index in [2.05, 4.69) is 52.5 Å². The first-order valence-electron chi connectivity index (χ1n) is 13.6. The van der Waals surface area contributed by atoms with Gasteiger partial charge in [-0.25, -0.2) is 0 Å². The Kier molecular flexibility index (Phi) is 8.82. The molecule has 200 valence electrons. The monoisotopic (exact) mass is 540 g/mol. The average molecular weight is 541 g/mol. The molecule has 1 unspecified atom stereocenters. The summed E-state index contributed by atoms with van der Waals surface area (Å²) in [6.07, 6.45) is 4.71. The summed E-state index contributed by atoms with van der Waals surface area (Å²) in [5.41, 5.74) is 4.55. The second-order valence-corrected chi connectivity index (χ2v) is 10.2. The molecule has 4 aromatic rings. The third-order valence-electron chi connectivity index (χ3n) is 7.25. The molecule has 0 spiro atoms. The van der Waals surface area contributed by atoms with Crippen molar-refractivity contribution in [2.24, 2.45) is 0 Å². The van der Waals surface area contributed by atoms with Crippen molar-refractivity contribution in [3.8, 4) is 23.3 Å². The van der Waals surface area contributed by atoms with Gasteiger partial charge in [0.2, 0.25) is 17.5 Å². The Bertz CT molecular complexity index is 1400. The van der Waals surface area contributed by atoms with Crippen LogP contribution in [0.2, 0.25) is 5.02 Å². The number of halogens is 1. The predicted molar refractivity (Wildman–Crippen MR) is 155 cm³/mol. The molecule has 1 fully saturated rings. The van der Waals surface area contributed by atoms with Gasteiger partial charge in [-0.2, -0.15) is 10.2 Å². The average Bonchev–Trinajstić information content (AvgIpc) is 3.41. The molecule has 1 atom stereocenters. The number of aryl methyl sites for hydroxylation is 1. The molecule has 0 aliphatic carbocycles. The number of anilines is 1. The van der Waals surface area contributed by atoms with Crippen molar-refractivity contribution in [2.45, 2.75) is 45.3 Å². The number of oxazole rings is 1. The van der Waals surface area contributed by atoms with Crippen molar-refractivity contribution in [3.63, 3.8) is 0 Å². The molecule has 6 nitrogen and oxygen atoms in total. The molecule has 0 bridgehead atoms. The lowest BCUT2D eigenvalue weighted by atomic mass is 10.00. The van der Waals surface area contributed by atoms with Crippen LogP contribution in [0.5, 0.6) is 5.75 Å². The van der Waals surface area contributed by atoms with Gasteiger partial charge in [0.1, 0.15) is 18.4 Å². The summed E-state index contributed by atoms with van der Waals surface area (Å²) in [6, 6.07) is 26.3. The first-order valence-corrected chi connectivity index (χ1v) is 14.0. The van der Waals surface area contributed by atoms with Crippen molar-refractivity contribution in [2.75, 3.05) is 25.0 Å². The fourth-order valence-corrected chi connectivity index (χ4v) is 5.15. The molecule has 1 aromatic heterocycles. The maximum atomic E-state index is 9.76. The van der Waals surface area contributed by atoms with Gasteiger partial charge in [-0.1, -0.05) is 67.4 Å². The van der Waals surface area contributed by atoms with Gasteiger partial charge in [0.25, 0.3) is 0 Å². The third kappa shape index (κ3) is 6.62. The number of benzene rings is 3. The first-order chi connectivity index (χ1) is 19.1. The lowest BCUT2D eigenvalue weighted by Crippen LogP contribution is -2.37. The highest BCUT2D eigenvalue weighted by atomic mass is 35.5. The number of nitrogens with one attached hydrogen (secondary N) is 1. The normalized spacial score (nSPS) is 14.5. The number of aromatic nitrogens is 1. The number of ether oxygens (including phenoxy) is 1. The van der Waals surface area contributed by atoms with Gasteiger partial charge < -0.3 is 14.5 Å². The number of nitriles is 1. The quantitative estimate of drug-likeness (QED) is 0.223. The number of piperidine rings is 1. The van der Waals surface area contributed by atoms with Crippen LogP contribution >= 0.6 is 11.6 Å². The van der Waals surface area contributed by atoms with Crippen LogP contribution < -0.4 is 10.1 Å². The molecule has 0 radical (unpaired) electrons. The molecule has 1 N–H and O–H groups in total. The van der Waals surface area contributed by atoms with E-state index in [1.807, 2.05) is 48.5 Å². The molecule has 7 heteroatoms. The van der Waals surface area contributed by atoms with Crippen molar-refractivity contribution in [1.82, 2.24) is 9.88 Å². The van der Waals surface area contributed by atoms with Crippen molar-refractivity contribution >= 4 is 17.5 Å². The van der Waals surface area contributed by atoms with Crippen LogP contribution in [0.3, 0.4) is 0 Å². The highest BCUT2D eigenvalue weighted by Crippen LogP contribution is 2.30. The number of rotatable bonds is 10. The molecule has 0 amide bonds. The predicted octanol–water partition coefficient (Wildman–Crippen LogP) is 7.65. The standard InChI is InChI=1S/C32H33ClN4O2/c1-2-23-10-12-24(13-11-23)30(37-18-6-3-7-19-37)21-35-32-29(20-34)36-31(39-32)25-14-16-27(17-15-25)38-22-26-8-4-5-9-28(26)33/h4-5,8-17,30,35H,2-3,6-7,18-19,21-22H2,1H3. The zero-order valence-electron chi connectivity index (χ0n) is 22.2. The van der Waals surface area contributed by atoms with Crippen molar-refractivity contribution < 1.29 is 9.15 Å². The van der Waals surface area contributed by atoms with E-state index >= 15 is 0 Å². The topological polar surface area (TPSA) is 74.3 Å². The minimum atomic E-state index is 0.186. The van der Waals surface area contributed by atoms with E-state index < -0.39 is 0 Å². The van der Waals surface area contributed by atoms with Gasteiger partial charge in [-0.3, -0.25) is 4.90 Å². The van der Waals surface area contributed by atoms with E-state index in [9.17, 15) is 5.26 Å². The molecule has 3 aromatic carbocycles. The molecule has 39 heavy (non-hydrogen) atoms. The number of nitrogens with zero attached hydrogens (tertiary/aromatic N) is 3. The molecular weight excluding hydrogens is 508 g/mol. The van der Waals surface area contributed by atoms with E-state index in [1.54, 1.807) is 0 Å². The summed E-state index contributed by atoms with van der Waals surface area (Å²) < 4.78 is 12.0. The fraction of sp³-hybridized carbons (Fsp3) is 0.312. The molecule has 0 saturated carbocycles. The molecule has 1 aliphatic rings. The molecule has 5 rings (SSSR count). The second-order valence-electron chi connectivity index (χ2n) is 9.80. The van der Waals surface area contributed by atoms with E-state index in [4.69, 9.17) is 20.8 Å². The Morgan fingerprint density at radius 3 is 2.46 bits per heavy atom. The fourth-order valence-electron chi connectivity index (χ4n) is 4.96. The second kappa shape index (κ2) is 12.8. The van der Waals surface area contributed by atoms with Crippen LogP contribution in [0.4, 0.5) is 5.88 Å². The largest absolute Gasteiger partial charge is 0.489 e. The van der Waals surface area contributed by atoms with E-state index in [0.717, 1.165) is 30.6 Å². The van der Waals surface area contributed by atoms with Crippen LogP contribution in [0.15, 0.2) is 77.2 Å². The summed E-state index contributed by atoms with van der Waals surface area (Å²) >= 11 is 6.23. The zero-order valence-corrected chi connectivity index (χ0v) is 23.0. The zero-order chi connectivity index (χ0) is 27.0. The van der Waals surface area contributed by atoms with Gasteiger partial charge in [-0.05, 0) is 73.8 Å². The Morgan fingerprint density at radius 2 is 1.77 bits per heavy atom. The Hall–Kier alpha value is -3.79. The van der Waals surface area contributed by atoms with Crippen LogP contribution in [0, 0.1) is 11.3 Å².